The van der Waals surface area contributed by atoms with Crippen molar-refractivity contribution in [3.63, 3.8) is 0 Å². The first kappa shape index (κ1) is 17.0. The standard InChI is InChI=1S/C19H18N2O3S/c1-12-13(2)25-18(21-10-6-7-11-21)15(12)19(23)24-16(17(20)22)14-8-4-3-5-9-14/h3-11,16H,1-2H3,(H2,20,22). The molecule has 6 heteroatoms. The van der Waals surface area contributed by atoms with Crippen LogP contribution >= 0.6 is 11.3 Å². The number of aromatic nitrogens is 1. The Hall–Kier alpha value is -2.86. The van der Waals surface area contributed by atoms with Crippen molar-refractivity contribution in [3.8, 4) is 5.00 Å². The number of esters is 1. The van der Waals surface area contributed by atoms with Crippen LogP contribution in [0.1, 0.15) is 32.5 Å². The number of carbonyl (C=O) groups excluding carboxylic acids is 2. The first-order chi connectivity index (χ1) is 12.0. The molecule has 0 aliphatic heterocycles. The normalized spacial score (nSPS) is 11.9. The third-order valence-electron chi connectivity index (χ3n) is 4.00. The summed E-state index contributed by atoms with van der Waals surface area (Å²) in [4.78, 5) is 25.7. The average Bonchev–Trinajstić information content (AvgIpc) is 3.22. The van der Waals surface area contributed by atoms with E-state index in [1.54, 1.807) is 24.3 Å². The van der Waals surface area contributed by atoms with E-state index in [2.05, 4.69) is 0 Å². The Balaban J connectivity index is 1.97. The third-order valence-corrected chi connectivity index (χ3v) is 5.22. The topological polar surface area (TPSA) is 74.3 Å². The average molecular weight is 354 g/mol. The number of thiophene rings is 1. The number of nitrogens with zero attached hydrogens (tertiary/aromatic N) is 1. The Bertz CT molecular complexity index is 898. The maximum atomic E-state index is 12.8. The van der Waals surface area contributed by atoms with Crippen LogP contribution in [0.2, 0.25) is 0 Å². The van der Waals surface area contributed by atoms with Crippen LogP contribution in [0.3, 0.4) is 0 Å². The fraction of sp³-hybridized carbons (Fsp3) is 0.158. The minimum atomic E-state index is -1.12. The molecular formula is C19H18N2O3S. The van der Waals surface area contributed by atoms with Crippen molar-refractivity contribution in [1.29, 1.82) is 0 Å². The van der Waals surface area contributed by atoms with E-state index < -0.39 is 18.0 Å². The number of benzene rings is 1. The van der Waals surface area contributed by atoms with Crippen molar-refractivity contribution in [3.05, 3.63) is 76.4 Å². The molecule has 0 bridgehead atoms. The molecule has 25 heavy (non-hydrogen) atoms. The molecule has 5 nitrogen and oxygen atoms in total. The highest BCUT2D eigenvalue weighted by Crippen LogP contribution is 2.32. The number of nitrogens with two attached hydrogens (primary N) is 1. The van der Waals surface area contributed by atoms with Gasteiger partial charge in [0, 0.05) is 22.8 Å². The summed E-state index contributed by atoms with van der Waals surface area (Å²) in [6.07, 6.45) is 2.61. The van der Waals surface area contributed by atoms with Crippen molar-refractivity contribution >= 4 is 23.2 Å². The van der Waals surface area contributed by atoms with Gasteiger partial charge in [0.05, 0.1) is 5.56 Å². The summed E-state index contributed by atoms with van der Waals surface area (Å²) in [7, 11) is 0. The van der Waals surface area contributed by atoms with E-state index in [0.717, 1.165) is 15.4 Å². The van der Waals surface area contributed by atoms with Crippen LogP contribution in [0.4, 0.5) is 0 Å². The highest BCUT2D eigenvalue weighted by Gasteiger charge is 2.28. The van der Waals surface area contributed by atoms with Crippen LogP contribution in [0.25, 0.3) is 5.00 Å². The highest BCUT2D eigenvalue weighted by atomic mass is 32.1. The number of carbonyl (C=O) groups is 2. The van der Waals surface area contributed by atoms with Gasteiger partial charge in [0.2, 0.25) is 6.10 Å². The van der Waals surface area contributed by atoms with Gasteiger partial charge < -0.3 is 15.0 Å². The predicted molar refractivity (Wildman–Crippen MR) is 96.9 cm³/mol. The second-order valence-corrected chi connectivity index (χ2v) is 6.86. The Morgan fingerprint density at radius 2 is 1.72 bits per heavy atom. The first-order valence-electron chi connectivity index (χ1n) is 7.77. The Kier molecular flexibility index (Phi) is 4.72. The molecule has 1 unspecified atom stereocenters. The van der Waals surface area contributed by atoms with Crippen molar-refractivity contribution < 1.29 is 14.3 Å². The summed E-state index contributed by atoms with van der Waals surface area (Å²) in [5.74, 6) is -1.26. The lowest BCUT2D eigenvalue weighted by Crippen LogP contribution is -2.26. The minimum absolute atomic E-state index is 0.459. The van der Waals surface area contributed by atoms with Crippen molar-refractivity contribution in [2.24, 2.45) is 5.73 Å². The van der Waals surface area contributed by atoms with E-state index in [0.29, 0.717) is 11.1 Å². The van der Waals surface area contributed by atoms with Gasteiger partial charge in [-0.05, 0) is 31.5 Å². The van der Waals surface area contributed by atoms with E-state index >= 15 is 0 Å². The molecule has 0 aliphatic rings. The molecule has 1 atom stereocenters. The number of hydrogen-bond acceptors (Lipinski definition) is 4. The van der Waals surface area contributed by atoms with Crippen molar-refractivity contribution in [2.45, 2.75) is 20.0 Å². The molecule has 0 radical (unpaired) electrons. The van der Waals surface area contributed by atoms with E-state index in [1.165, 1.54) is 11.3 Å². The van der Waals surface area contributed by atoms with Gasteiger partial charge >= 0.3 is 5.97 Å². The summed E-state index contributed by atoms with van der Waals surface area (Å²) < 4.78 is 7.36. The quantitative estimate of drug-likeness (QED) is 0.712. The van der Waals surface area contributed by atoms with Crippen LogP contribution in [0.5, 0.6) is 0 Å². The molecule has 0 spiro atoms. The van der Waals surface area contributed by atoms with E-state index in [1.807, 2.05) is 49.0 Å². The molecule has 0 aliphatic carbocycles. The van der Waals surface area contributed by atoms with Gasteiger partial charge in [-0.3, -0.25) is 4.79 Å². The molecule has 0 fully saturated rings. The lowest BCUT2D eigenvalue weighted by Gasteiger charge is -2.16. The third kappa shape index (κ3) is 3.34. The van der Waals surface area contributed by atoms with Gasteiger partial charge in [-0.1, -0.05) is 30.3 Å². The molecular weight excluding hydrogens is 336 g/mol. The Morgan fingerprint density at radius 3 is 2.32 bits per heavy atom. The molecule has 0 saturated heterocycles. The molecule has 3 aromatic rings. The lowest BCUT2D eigenvalue weighted by molar-refractivity contribution is -0.127. The van der Waals surface area contributed by atoms with E-state index in [4.69, 9.17) is 10.5 Å². The summed E-state index contributed by atoms with van der Waals surface area (Å²) in [6.45, 7) is 3.82. The first-order valence-corrected chi connectivity index (χ1v) is 8.59. The number of hydrogen-bond donors (Lipinski definition) is 1. The van der Waals surface area contributed by atoms with Crippen LogP contribution in [-0.2, 0) is 9.53 Å². The Labute approximate surface area is 149 Å². The molecule has 128 valence electrons. The Morgan fingerprint density at radius 1 is 1.08 bits per heavy atom. The molecule has 0 saturated carbocycles. The van der Waals surface area contributed by atoms with Gasteiger partial charge in [0.1, 0.15) is 5.00 Å². The lowest BCUT2D eigenvalue weighted by atomic mass is 10.1. The zero-order valence-electron chi connectivity index (χ0n) is 13.9. The van der Waals surface area contributed by atoms with E-state index in [-0.39, 0.29) is 0 Å². The number of primary amides is 1. The molecule has 3 rings (SSSR count). The predicted octanol–water partition coefficient (Wildman–Crippen LogP) is 3.54. The van der Waals surface area contributed by atoms with Gasteiger partial charge in [-0.25, -0.2) is 4.79 Å². The van der Waals surface area contributed by atoms with Gasteiger partial charge in [0.25, 0.3) is 5.91 Å². The highest BCUT2D eigenvalue weighted by molar-refractivity contribution is 7.15. The van der Waals surface area contributed by atoms with Gasteiger partial charge in [-0.2, -0.15) is 0 Å². The van der Waals surface area contributed by atoms with Crippen molar-refractivity contribution in [1.82, 2.24) is 4.57 Å². The van der Waals surface area contributed by atoms with Gasteiger partial charge in [0.15, 0.2) is 0 Å². The molecule has 2 N–H and O–H groups in total. The SMILES string of the molecule is Cc1sc(-n2cccc2)c(C(=O)OC(C(N)=O)c2ccccc2)c1C. The van der Waals surface area contributed by atoms with Crippen LogP contribution in [0, 0.1) is 13.8 Å². The van der Waals surface area contributed by atoms with E-state index in [9.17, 15) is 9.59 Å². The fourth-order valence-corrected chi connectivity index (χ4v) is 3.70. The number of aryl methyl sites for hydroxylation is 1. The second kappa shape index (κ2) is 6.94. The molecule has 2 aromatic heterocycles. The zero-order valence-corrected chi connectivity index (χ0v) is 14.7. The number of ether oxygens (including phenoxy) is 1. The smallest absolute Gasteiger partial charge is 0.342 e. The molecule has 2 heterocycles. The second-order valence-electron chi connectivity index (χ2n) is 5.65. The molecule has 1 amide bonds. The monoisotopic (exact) mass is 354 g/mol. The van der Waals surface area contributed by atoms with Gasteiger partial charge in [-0.15, -0.1) is 11.3 Å². The summed E-state index contributed by atoms with van der Waals surface area (Å²) >= 11 is 1.50. The zero-order chi connectivity index (χ0) is 18.0. The number of rotatable bonds is 5. The van der Waals surface area contributed by atoms with Crippen LogP contribution in [0.15, 0.2) is 54.9 Å². The summed E-state index contributed by atoms with van der Waals surface area (Å²) in [5, 5.41) is 0.765. The maximum Gasteiger partial charge on any atom is 0.342 e. The molecule has 1 aromatic carbocycles. The summed E-state index contributed by atoms with van der Waals surface area (Å²) in [6, 6.07) is 12.5. The summed E-state index contributed by atoms with van der Waals surface area (Å²) in [5.41, 5.74) is 7.31. The number of amides is 1. The largest absolute Gasteiger partial charge is 0.444 e. The van der Waals surface area contributed by atoms with Crippen molar-refractivity contribution in [2.75, 3.05) is 0 Å². The fourth-order valence-electron chi connectivity index (χ4n) is 2.59. The van der Waals surface area contributed by atoms with Crippen LogP contribution < -0.4 is 5.73 Å². The maximum absolute atomic E-state index is 12.8. The minimum Gasteiger partial charge on any atom is -0.444 e. The van der Waals surface area contributed by atoms with Crippen LogP contribution in [-0.4, -0.2) is 16.4 Å².